The molecule has 0 spiro atoms. The molecule has 0 unspecified atom stereocenters. The summed E-state index contributed by atoms with van der Waals surface area (Å²) in [6.45, 7) is 0. The lowest BCUT2D eigenvalue weighted by molar-refractivity contribution is 0.0978. The van der Waals surface area contributed by atoms with E-state index in [4.69, 9.17) is 35.4 Å². The fourth-order valence-corrected chi connectivity index (χ4v) is 3.85. The van der Waals surface area contributed by atoms with Crippen molar-refractivity contribution in [3.05, 3.63) is 67.0 Å². The van der Waals surface area contributed by atoms with Crippen molar-refractivity contribution in [3.63, 3.8) is 0 Å². The number of carbonyl (C=O) groups is 1. The highest BCUT2D eigenvalue weighted by Crippen LogP contribution is 2.26. The van der Waals surface area contributed by atoms with Crippen LogP contribution in [-0.4, -0.2) is 16.0 Å². The van der Waals surface area contributed by atoms with E-state index in [2.05, 4.69) is 38.2 Å². The maximum Gasteiger partial charge on any atom is 0.258 e. The van der Waals surface area contributed by atoms with Crippen LogP contribution in [0.1, 0.15) is 10.4 Å². The molecule has 0 aliphatic heterocycles. The summed E-state index contributed by atoms with van der Waals surface area (Å²) in [5, 5.41) is 9.19. The first-order chi connectivity index (χ1) is 12.4. The van der Waals surface area contributed by atoms with Gasteiger partial charge >= 0.3 is 0 Å². The normalized spacial score (nSPS) is 10.4. The summed E-state index contributed by atoms with van der Waals surface area (Å²) in [7, 11) is 0. The van der Waals surface area contributed by atoms with Crippen molar-refractivity contribution in [2.75, 3.05) is 5.32 Å². The van der Waals surface area contributed by atoms with Gasteiger partial charge in [0.15, 0.2) is 10.2 Å². The van der Waals surface area contributed by atoms with Crippen LogP contribution < -0.4 is 10.6 Å². The number of hydrogen-bond donors (Lipinski definition) is 2. The minimum atomic E-state index is -0.375. The van der Waals surface area contributed by atoms with E-state index < -0.39 is 0 Å². The van der Waals surface area contributed by atoms with Crippen LogP contribution in [0.4, 0.5) is 5.13 Å². The molecule has 0 atom stereocenters. The van der Waals surface area contributed by atoms with Gasteiger partial charge in [-0.1, -0.05) is 35.3 Å². The molecule has 3 aromatic rings. The van der Waals surface area contributed by atoms with Gasteiger partial charge in [-0.3, -0.25) is 10.1 Å². The van der Waals surface area contributed by atoms with Crippen LogP contribution in [0, 0.1) is 3.57 Å². The summed E-state index contributed by atoms with van der Waals surface area (Å²) in [5.74, 6) is -0.375. The highest BCUT2D eigenvalue weighted by molar-refractivity contribution is 14.1. The molecule has 1 aromatic heterocycles. The Labute approximate surface area is 183 Å². The molecule has 26 heavy (non-hydrogen) atoms. The van der Waals surface area contributed by atoms with Crippen molar-refractivity contribution in [1.29, 1.82) is 0 Å². The number of nitrogens with one attached hydrogen (secondary N) is 2. The third-order valence-corrected chi connectivity index (χ3v) is 5.48. The van der Waals surface area contributed by atoms with Gasteiger partial charge in [0.25, 0.3) is 5.91 Å². The summed E-state index contributed by atoms with van der Waals surface area (Å²) in [5.41, 5.74) is 2.10. The number of carbonyl (C=O) groups excluding carboxylic acids is 1. The predicted molar refractivity (Wildman–Crippen MR) is 120 cm³/mol. The van der Waals surface area contributed by atoms with E-state index in [1.807, 2.05) is 23.6 Å². The van der Waals surface area contributed by atoms with E-state index in [9.17, 15) is 4.79 Å². The summed E-state index contributed by atoms with van der Waals surface area (Å²) >= 11 is 20.7. The quantitative estimate of drug-likeness (QED) is 0.327. The third-order valence-electron chi connectivity index (χ3n) is 3.26. The van der Waals surface area contributed by atoms with Crippen LogP contribution in [-0.2, 0) is 0 Å². The van der Waals surface area contributed by atoms with Gasteiger partial charge in [-0.2, -0.15) is 0 Å². The van der Waals surface area contributed by atoms with Gasteiger partial charge in [0.2, 0.25) is 0 Å². The smallest absolute Gasteiger partial charge is 0.258 e. The van der Waals surface area contributed by atoms with E-state index in [1.165, 1.54) is 11.3 Å². The number of rotatable bonds is 3. The van der Waals surface area contributed by atoms with Crippen molar-refractivity contribution < 1.29 is 4.79 Å². The van der Waals surface area contributed by atoms with E-state index in [0.29, 0.717) is 20.7 Å². The lowest BCUT2D eigenvalue weighted by atomic mass is 10.2. The lowest BCUT2D eigenvalue weighted by Crippen LogP contribution is -2.34. The molecule has 2 N–H and O–H groups in total. The number of aromatic nitrogens is 1. The molecule has 0 fully saturated rings. The van der Waals surface area contributed by atoms with Gasteiger partial charge in [-0.25, -0.2) is 4.98 Å². The number of amides is 1. The average molecular weight is 534 g/mol. The Kier molecular flexibility index (Phi) is 6.46. The lowest BCUT2D eigenvalue weighted by Gasteiger charge is -2.08. The third kappa shape index (κ3) is 4.92. The summed E-state index contributed by atoms with van der Waals surface area (Å²) in [6, 6.07) is 12.6. The number of nitrogens with zero attached hydrogens (tertiary/aromatic N) is 1. The fourth-order valence-electron chi connectivity index (χ4n) is 2.05. The van der Waals surface area contributed by atoms with Gasteiger partial charge in [-0.15, -0.1) is 11.3 Å². The molecule has 0 radical (unpaired) electrons. The second-order valence-electron chi connectivity index (χ2n) is 5.08. The van der Waals surface area contributed by atoms with Crippen LogP contribution in [0.2, 0.25) is 10.0 Å². The molecule has 0 saturated carbocycles. The molecule has 132 valence electrons. The topological polar surface area (TPSA) is 54.0 Å². The summed E-state index contributed by atoms with van der Waals surface area (Å²) in [4.78, 5) is 16.8. The van der Waals surface area contributed by atoms with Crippen LogP contribution in [0.5, 0.6) is 0 Å². The Morgan fingerprint density at radius 1 is 1.15 bits per heavy atom. The van der Waals surface area contributed by atoms with Crippen LogP contribution in [0.15, 0.2) is 47.8 Å². The molecule has 0 saturated heterocycles. The largest absolute Gasteiger partial charge is 0.308 e. The SMILES string of the molecule is O=C(NC(=S)Nc1nc(-c2ccc(Cl)cc2)cs1)c1cc(I)ccc1Cl. The van der Waals surface area contributed by atoms with E-state index in [0.717, 1.165) is 14.8 Å². The summed E-state index contributed by atoms with van der Waals surface area (Å²) < 4.78 is 0.906. The number of thiazole rings is 1. The molecule has 9 heteroatoms. The van der Waals surface area contributed by atoms with Crippen molar-refractivity contribution in [2.45, 2.75) is 0 Å². The molecular formula is C17H10Cl2IN3OS2. The first-order valence-electron chi connectivity index (χ1n) is 7.21. The predicted octanol–water partition coefficient (Wildman–Crippen LogP) is 5.85. The average Bonchev–Trinajstić information content (AvgIpc) is 3.05. The van der Waals surface area contributed by atoms with Crippen molar-refractivity contribution >= 4 is 85.5 Å². The van der Waals surface area contributed by atoms with Gasteiger partial charge < -0.3 is 5.32 Å². The standard InChI is InChI=1S/C17H10Cl2IN3OS2/c18-10-3-1-9(2-4-10)14-8-26-17(21-14)23-16(25)22-15(24)12-7-11(20)5-6-13(12)19/h1-8H,(H2,21,22,23,24,25). The van der Waals surface area contributed by atoms with Crippen molar-refractivity contribution in [3.8, 4) is 11.3 Å². The number of anilines is 1. The van der Waals surface area contributed by atoms with Gasteiger partial charge in [-0.05, 0) is 65.1 Å². The summed E-state index contributed by atoms with van der Waals surface area (Å²) in [6.07, 6.45) is 0. The van der Waals surface area contributed by atoms with E-state index in [-0.39, 0.29) is 11.0 Å². The van der Waals surface area contributed by atoms with Crippen LogP contribution in [0.3, 0.4) is 0 Å². The molecule has 0 aliphatic rings. The fraction of sp³-hybridized carbons (Fsp3) is 0. The number of halogens is 3. The maximum absolute atomic E-state index is 12.3. The molecule has 3 rings (SSSR count). The zero-order chi connectivity index (χ0) is 18.7. The Morgan fingerprint density at radius 3 is 2.62 bits per heavy atom. The van der Waals surface area contributed by atoms with E-state index in [1.54, 1.807) is 24.3 Å². The van der Waals surface area contributed by atoms with E-state index >= 15 is 0 Å². The van der Waals surface area contributed by atoms with Gasteiger partial charge in [0.05, 0.1) is 16.3 Å². The van der Waals surface area contributed by atoms with Crippen molar-refractivity contribution in [1.82, 2.24) is 10.3 Å². The van der Waals surface area contributed by atoms with Gasteiger partial charge in [0.1, 0.15) is 0 Å². The second kappa shape index (κ2) is 8.62. The zero-order valence-electron chi connectivity index (χ0n) is 12.9. The first kappa shape index (κ1) is 19.5. The van der Waals surface area contributed by atoms with Gasteiger partial charge in [0, 0.05) is 19.5 Å². The number of benzene rings is 2. The monoisotopic (exact) mass is 533 g/mol. The molecule has 1 amide bonds. The second-order valence-corrected chi connectivity index (χ2v) is 8.43. The number of hydrogen-bond acceptors (Lipinski definition) is 4. The molecule has 0 bridgehead atoms. The van der Waals surface area contributed by atoms with Crippen LogP contribution >= 0.6 is 69.3 Å². The Morgan fingerprint density at radius 2 is 1.88 bits per heavy atom. The molecule has 4 nitrogen and oxygen atoms in total. The zero-order valence-corrected chi connectivity index (χ0v) is 18.2. The van der Waals surface area contributed by atoms with Crippen molar-refractivity contribution in [2.24, 2.45) is 0 Å². The molecular weight excluding hydrogens is 524 g/mol. The first-order valence-corrected chi connectivity index (χ1v) is 10.3. The Hall–Kier alpha value is -1.26. The number of thiocarbonyl (C=S) groups is 1. The van der Waals surface area contributed by atoms with Crippen LogP contribution in [0.25, 0.3) is 11.3 Å². The Balaban J connectivity index is 1.66. The Bertz CT molecular complexity index is 976. The highest BCUT2D eigenvalue weighted by Gasteiger charge is 2.13. The maximum atomic E-state index is 12.3. The molecule has 0 aliphatic carbocycles. The molecule has 1 heterocycles. The molecule has 2 aromatic carbocycles. The minimum Gasteiger partial charge on any atom is -0.308 e. The highest BCUT2D eigenvalue weighted by atomic mass is 127. The minimum absolute atomic E-state index is 0.155.